The van der Waals surface area contributed by atoms with Gasteiger partial charge in [-0.15, -0.1) is 0 Å². The molecule has 1 N–H and O–H groups in total. The topological polar surface area (TPSA) is 37.8 Å². The van der Waals surface area contributed by atoms with Gasteiger partial charge >= 0.3 is 0 Å². The Labute approximate surface area is 85.9 Å². The van der Waals surface area contributed by atoms with Crippen molar-refractivity contribution in [2.75, 3.05) is 0 Å². The Bertz CT molecular complexity index is 487. The molecule has 0 saturated heterocycles. The third-order valence-corrected chi connectivity index (χ3v) is 2.38. The van der Waals surface area contributed by atoms with E-state index in [2.05, 4.69) is 5.10 Å². The lowest BCUT2D eigenvalue weighted by atomic mass is 10.2. The van der Waals surface area contributed by atoms with E-state index in [1.165, 1.54) is 10.7 Å². The normalized spacial score (nSPS) is 10.4. The standard InChI is InChI=1S/C10H9ClN2O/c11-9-4-2-1-3-8(9)7-13-10(14)5-6-12-13/h1-6,12H,7H2. The van der Waals surface area contributed by atoms with Crippen LogP contribution in [0.4, 0.5) is 0 Å². The van der Waals surface area contributed by atoms with Crippen LogP contribution in [-0.2, 0) is 6.54 Å². The van der Waals surface area contributed by atoms with Crippen molar-refractivity contribution in [2.45, 2.75) is 6.54 Å². The number of hydrogen-bond donors (Lipinski definition) is 1. The van der Waals surface area contributed by atoms with Crippen molar-refractivity contribution in [2.24, 2.45) is 0 Å². The van der Waals surface area contributed by atoms with E-state index >= 15 is 0 Å². The maximum atomic E-state index is 11.2. The van der Waals surface area contributed by atoms with E-state index in [9.17, 15) is 4.79 Å². The Morgan fingerprint density at radius 1 is 1.29 bits per heavy atom. The Kier molecular flexibility index (Phi) is 2.41. The van der Waals surface area contributed by atoms with Crippen LogP contribution in [0.2, 0.25) is 5.02 Å². The van der Waals surface area contributed by atoms with Crippen LogP contribution in [0.3, 0.4) is 0 Å². The summed E-state index contributed by atoms with van der Waals surface area (Å²) in [5.41, 5.74) is 0.878. The summed E-state index contributed by atoms with van der Waals surface area (Å²) in [6.45, 7) is 0.478. The molecule has 0 bridgehead atoms. The van der Waals surface area contributed by atoms with E-state index in [0.717, 1.165) is 5.56 Å². The highest BCUT2D eigenvalue weighted by molar-refractivity contribution is 6.31. The molecule has 2 rings (SSSR count). The number of benzene rings is 1. The molecule has 0 fully saturated rings. The second-order valence-electron chi connectivity index (χ2n) is 2.98. The smallest absolute Gasteiger partial charge is 0.266 e. The fourth-order valence-electron chi connectivity index (χ4n) is 1.27. The molecule has 0 aliphatic rings. The maximum absolute atomic E-state index is 11.2. The molecular weight excluding hydrogens is 200 g/mol. The molecule has 0 spiro atoms. The molecule has 3 nitrogen and oxygen atoms in total. The third-order valence-electron chi connectivity index (χ3n) is 2.01. The van der Waals surface area contributed by atoms with Gasteiger partial charge in [-0.05, 0) is 11.6 Å². The molecule has 1 aromatic carbocycles. The molecule has 14 heavy (non-hydrogen) atoms. The van der Waals surface area contributed by atoms with Crippen LogP contribution in [0.25, 0.3) is 0 Å². The molecule has 0 amide bonds. The van der Waals surface area contributed by atoms with Gasteiger partial charge in [0, 0.05) is 17.3 Å². The summed E-state index contributed by atoms with van der Waals surface area (Å²) >= 11 is 5.96. The minimum absolute atomic E-state index is 0.0510. The van der Waals surface area contributed by atoms with E-state index in [-0.39, 0.29) is 5.56 Å². The number of aromatic nitrogens is 2. The Morgan fingerprint density at radius 3 is 2.71 bits per heavy atom. The Hall–Kier alpha value is -1.48. The average Bonchev–Trinajstić information content (AvgIpc) is 2.56. The SMILES string of the molecule is O=c1cc[nH]n1Cc1ccccc1Cl. The molecule has 2 aromatic rings. The van der Waals surface area contributed by atoms with E-state index in [1.807, 2.05) is 24.3 Å². The maximum Gasteiger partial charge on any atom is 0.266 e. The largest absolute Gasteiger partial charge is 0.303 e. The number of rotatable bonds is 2. The summed E-state index contributed by atoms with van der Waals surface area (Å²) in [4.78, 5) is 11.2. The summed E-state index contributed by atoms with van der Waals surface area (Å²) in [7, 11) is 0. The third kappa shape index (κ3) is 1.72. The summed E-state index contributed by atoms with van der Waals surface area (Å²) in [5.74, 6) is 0. The van der Waals surface area contributed by atoms with Gasteiger partial charge in [-0.25, -0.2) is 4.68 Å². The molecule has 0 saturated carbocycles. The zero-order chi connectivity index (χ0) is 9.97. The summed E-state index contributed by atoms with van der Waals surface area (Å²) in [5, 5.41) is 3.50. The van der Waals surface area contributed by atoms with Crippen LogP contribution in [0.1, 0.15) is 5.56 Å². The first kappa shape index (κ1) is 9.09. The molecule has 0 atom stereocenters. The van der Waals surface area contributed by atoms with Crippen molar-refractivity contribution in [3.63, 3.8) is 0 Å². The van der Waals surface area contributed by atoms with Gasteiger partial charge in [0.15, 0.2) is 0 Å². The van der Waals surface area contributed by atoms with Gasteiger partial charge in [-0.1, -0.05) is 29.8 Å². The van der Waals surface area contributed by atoms with Crippen molar-refractivity contribution >= 4 is 11.6 Å². The molecule has 0 aliphatic carbocycles. The highest BCUT2D eigenvalue weighted by Crippen LogP contribution is 2.14. The number of nitrogens with one attached hydrogen (secondary N) is 1. The first-order valence-corrected chi connectivity index (χ1v) is 4.63. The molecule has 0 unspecified atom stereocenters. The van der Waals surface area contributed by atoms with Gasteiger partial charge < -0.3 is 5.10 Å². The van der Waals surface area contributed by atoms with Crippen LogP contribution in [0.15, 0.2) is 41.3 Å². The van der Waals surface area contributed by atoms with E-state index in [4.69, 9.17) is 11.6 Å². The van der Waals surface area contributed by atoms with Crippen molar-refractivity contribution in [1.29, 1.82) is 0 Å². The molecular formula is C10H9ClN2O. The van der Waals surface area contributed by atoms with Crippen molar-refractivity contribution in [1.82, 2.24) is 9.78 Å². The van der Waals surface area contributed by atoms with Crippen molar-refractivity contribution in [3.05, 3.63) is 57.5 Å². The predicted octanol–water partition coefficient (Wildman–Crippen LogP) is 1.88. The zero-order valence-corrected chi connectivity index (χ0v) is 8.16. The molecule has 0 radical (unpaired) electrons. The quantitative estimate of drug-likeness (QED) is 0.804. The summed E-state index contributed by atoms with van der Waals surface area (Å²) in [6.07, 6.45) is 1.61. The highest BCUT2D eigenvalue weighted by Gasteiger charge is 2.01. The number of aromatic amines is 1. The van der Waals surface area contributed by atoms with E-state index in [1.54, 1.807) is 6.20 Å². The molecule has 1 heterocycles. The predicted molar refractivity (Wildman–Crippen MR) is 55.6 cm³/mol. The Balaban J connectivity index is 2.32. The van der Waals surface area contributed by atoms with Crippen molar-refractivity contribution in [3.8, 4) is 0 Å². The molecule has 4 heteroatoms. The van der Waals surface area contributed by atoms with Crippen LogP contribution >= 0.6 is 11.6 Å². The molecule has 1 aromatic heterocycles. The monoisotopic (exact) mass is 208 g/mol. The summed E-state index contributed by atoms with van der Waals surface area (Å²) in [6, 6.07) is 8.95. The second-order valence-corrected chi connectivity index (χ2v) is 3.39. The average molecular weight is 209 g/mol. The first-order chi connectivity index (χ1) is 6.77. The first-order valence-electron chi connectivity index (χ1n) is 4.25. The minimum atomic E-state index is -0.0510. The summed E-state index contributed by atoms with van der Waals surface area (Å²) < 4.78 is 1.50. The van der Waals surface area contributed by atoms with Gasteiger partial charge in [0.25, 0.3) is 5.56 Å². The fraction of sp³-hybridized carbons (Fsp3) is 0.100. The van der Waals surface area contributed by atoms with Crippen molar-refractivity contribution < 1.29 is 0 Å². The van der Waals surface area contributed by atoms with Crippen LogP contribution in [-0.4, -0.2) is 9.78 Å². The number of nitrogens with zero attached hydrogens (tertiary/aromatic N) is 1. The van der Waals surface area contributed by atoms with Gasteiger partial charge in [-0.3, -0.25) is 4.79 Å². The number of H-pyrrole nitrogens is 1. The highest BCUT2D eigenvalue weighted by atomic mass is 35.5. The van der Waals surface area contributed by atoms with E-state index in [0.29, 0.717) is 11.6 Å². The fourth-order valence-corrected chi connectivity index (χ4v) is 1.47. The number of hydrogen-bond acceptors (Lipinski definition) is 1. The lowest BCUT2D eigenvalue weighted by Gasteiger charge is -2.03. The Morgan fingerprint density at radius 2 is 2.07 bits per heavy atom. The number of halogens is 1. The second kappa shape index (κ2) is 3.72. The van der Waals surface area contributed by atoms with Gasteiger partial charge in [0.1, 0.15) is 0 Å². The van der Waals surface area contributed by atoms with Gasteiger partial charge in [-0.2, -0.15) is 0 Å². The molecule has 72 valence electrons. The van der Waals surface area contributed by atoms with Crippen LogP contribution in [0.5, 0.6) is 0 Å². The molecule has 0 aliphatic heterocycles. The minimum Gasteiger partial charge on any atom is -0.303 e. The van der Waals surface area contributed by atoms with Gasteiger partial charge in [0.05, 0.1) is 6.54 Å². The van der Waals surface area contributed by atoms with Crippen LogP contribution in [0, 0.1) is 0 Å². The van der Waals surface area contributed by atoms with Crippen LogP contribution < -0.4 is 5.56 Å². The van der Waals surface area contributed by atoms with Gasteiger partial charge in [0.2, 0.25) is 0 Å². The zero-order valence-electron chi connectivity index (χ0n) is 7.40. The lowest BCUT2D eigenvalue weighted by Crippen LogP contribution is -2.16. The van der Waals surface area contributed by atoms with E-state index < -0.39 is 0 Å². The lowest BCUT2D eigenvalue weighted by molar-refractivity contribution is 0.664.